The Morgan fingerprint density at radius 1 is 1.29 bits per heavy atom. The summed E-state index contributed by atoms with van der Waals surface area (Å²) in [6.45, 7) is 14.9. The highest BCUT2D eigenvalue weighted by Gasteiger charge is 2.61. The summed E-state index contributed by atoms with van der Waals surface area (Å²) in [5.41, 5.74) is 0.792. The third kappa shape index (κ3) is 3.46. The first-order chi connectivity index (χ1) is 9.56. The highest BCUT2D eigenvalue weighted by atomic mass is 16.5. The van der Waals surface area contributed by atoms with Crippen molar-refractivity contribution in [3.05, 3.63) is 0 Å². The number of hydrogen-bond acceptors (Lipinski definition) is 3. The third-order valence-corrected chi connectivity index (χ3v) is 6.35. The van der Waals surface area contributed by atoms with E-state index in [2.05, 4.69) is 46.9 Å². The minimum atomic E-state index is -0.316. The van der Waals surface area contributed by atoms with Crippen LogP contribution in [0.25, 0.3) is 0 Å². The van der Waals surface area contributed by atoms with Crippen molar-refractivity contribution < 1.29 is 9.84 Å². The van der Waals surface area contributed by atoms with E-state index in [4.69, 9.17) is 4.74 Å². The van der Waals surface area contributed by atoms with Crippen LogP contribution >= 0.6 is 0 Å². The van der Waals surface area contributed by atoms with Crippen LogP contribution in [0.5, 0.6) is 0 Å². The molecule has 0 aromatic rings. The van der Waals surface area contributed by atoms with Crippen LogP contribution in [-0.2, 0) is 4.74 Å². The molecule has 0 aromatic carbocycles. The largest absolute Gasteiger partial charge is 0.392 e. The lowest BCUT2D eigenvalue weighted by atomic mass is 9.70. The summed E-state index contributed by atoms with van der Waals surface area (Å²) >= 11 is 0. The van der Waals surface area contributed by atoms with Gasteiger partial charge in [-0.2, -0.15) is 0 Å². The summed E-state index contributed by atoms with van der Waals surface area (Å²) in [5.74, 6) is 0.819. The number of hydrogen-bond donors (Lipinski definition) is 2. The summed E-state index contributed by atoms with van der Waals surface area (Å²) in [7, 11) is 0. The smallest absolute Gasteiger partial charge is 0.0686 e. The number of β-amino-alcohol motifs (C(OH)–C–C–N with tert-alkyl or cyclic N) is 1. The lowest BCUT2D eigenvalue weighted by molar-refractivity contribution is -0.0548. The van der Waals surface area contributed by atoms with Gasteiger partial charge in [-0.25, -0.2) is 0 Å². The first-order valence-corrected chi connectivity index (χ1v) is 8.61. The van der Waals surface area contributed by atoms with E-state index in [0.717, 1.165) is 12.3 Å². The Hall–Kier alpha value is -0.120. The highest BCUT2D eigenvalue weighted by molar-refractivity contribution is 5.11. The molecule has 0 heterocycles. The molecule has 2 N–H and O–H groups in total. The van der Waals surface area contributed by atoms with Gasteiger partial charge >= 0.3 is 0 Å². The Bertz CT molecular complexity index is 361. The number of ether oxygens (including phenoxy) is 1. The van der Waals surface area contributed by atoms with E-state index in [1.165, 1.54) is 19.3 Å². The number of fused-ring (bicyclic) bond motifs is 2. The summed E-state index contributed by atoms with van der Waals surface area (Å²) in [4.78, 5) is 0. The average Bonchev–Trinajstić information content (AvgIpc) is 2.68. The molecule has 0 aliphatic heterocycles. The lowest BCUT2D eigenvalue weighted by Crippen LogP contribution is -2.41. The van der Waals surface area contributed by atoms with Crippen LogP contribution in [0.3, 0.4) is 0 Å². The zero-order valence-corrected chi connectivity index (χ0v) is 14.8. The van der Waals surface area contributed by atoms with E-state index in [-0.39, 0.29) is 11.6 Å². The second-order valence-corrected chi connectivity index (χ2v) is 9.04. The molecule has 3 nitrogen and oxygen atoms in total. The van der Waals surface area contributed by atoms with E-state index in [0.29, 0.717) is 30.1 Å². The molecule has 3 heteroatoms. The molecular formula is C18H35NO2. The van der Waals surface area contributed by atoms with E-state index in [9.17, 15) is 5.11 Å². The molecule has 0 aromatic heterocycles. The summed E-state index contributed by atoms with van der Waals surface area (Å²) in [5, 5.41) is 13.4. The molecule has 0 unspecified atom stereocenters. The van der Waals surface area contributed by atoms with Gasteiger partial charge in [0, 0.05) is 18.7 Å². The van der Waals surface area contributed by atoms with Gasteiger partial charge in [-0.15, -0.1) is 0 Å². The van der Waals surface area contributed by atoms with E-state index >= 15 is 0 Å². The topological polar surface area (TPSA) is 41.5 Å². The molecule has 2 aliphatic carbocycles. The van der Waals surface area contributed by atoms with Gasteiger partial charge in [0.25, 0.3) is 0 Å². The molecule has 124 valence electrons. The van der Waals surface area contributed by atoms with Crippen molar-refractivity contribution in [2.24, 2.45) is 16.7 Å². The Balaban J connectivity index is 1.73. The standard InChI is InChI=1S/C18H35NO2/c1-16(2,3)19-12-14(20)8-10-21-15-11-13-7-9-18(15,6)17(13,4)5/h13-15,19-20H,7-12H2,1-6H3/t13-,14+,15+,18-/m1/s1. The Kier molecular flexibility index (Phi) is 4.78. The van der Waals surface area contributed by atoms with Gasteiger partial charge in [0.2, 0.25) is 0 Å². The first-order valence-electron chi connectivity index (χ1n) is 8.61. The van der Waals surface area contributed by atoms with Gasteiger partial charge in [-0.3, -0.25) is 0 Å². The summed E-state index contributed by atoms with van der Waals surface area (Å²) in [6.07, 6.45) is 4.66. The van der Waals surface area contributed by atoms with Crippen LogP contribution in [0.4, 0.5) is 0 Å². The number of nitrogens with one attached hydrogen (secondary N) is 1. The van der Waals surface area contributed by atoms with Crippen molar-refractivity contribution >= 4 is 0 Å². The minimum Gasteiger partial charge on any atom is -0.392 e. The van der Waals surface area contributed by atoms with E-state index < -0.39 is 0 Å². The van der Waals surface area contributed by atoms with Crippen LogP contribution in [0.2, 0.25) is 0 Å². The normalized spacial score (nSPS) is 36.1. The molecule has 2 bridgehead atoms. The molecular weight excluding hydrogens is 262 g/mol. The molecule has 0 saturated heterocycles. The second kappa shape index (κ2) is 5.82. The fourth-order valence-electron chi connectivity index (χ4n) is 4.25. The van der Waals surface area contributed by atoms with Gasteiger partial charge in [-0.1, -0.05) is 20.8 Å². The average molecular weight is 297 g/mol. The fourth-order valence-corrected chi connectivity index (χ4v) is 4.25. The predicted molar refractivity (Wildman–Crippen MR) is 87.3 cm³/mol. The quantitative estimate of drug-likeness (QED) is 0.790. The SMILES string of the molecule is CC(C)(C)NC[C@@H](O)CCO[C@H]1C[C@H]2CC[C@@]1(C)C2(C)C. The van der Waals surface area contributed by atoms with Gasteiger partial charge in [0.05, 0.1) is 12.2 Å². The molecule has 0 spiro atoms. The molecule has 0 amide bonds. The van der Waals surface area contributed by atoms with Crippen molar-refractivity contribution in [1.82, 2.24) is 5.32 Å². The van der Waals surface area contributed by atoms with Gasteiger partial charge in [0.15, 0.2) is 0 Å². The third-order valence-electron chi connectivity index (χ3n) is 6.35. The fraction of sp³-hybridized carbons (Fsp3) is 1.00. The van der Waals surface area contributed by atoms with Crippen LogP contribution in [0, 0.1) is 16.7 Å². The lowest BCUT2D eigenvalue weighted by Gasteiger charge is -2.39. The van der Waals surface area contributed by atoms with E-state index in [1.807, 2.05) is 0 Å². The Labute approximate surface area is 130 Å². The van der Waals surface area contributed by atoms with Crippen LogP contribution < -0.4 is 5.32 Å². The molecule has 0 radical (unpaired) electrons. The Morgan fingerprint density at radius 2 is 1.95 bits per heavy atom. The maximum Gasteiger partial charge on any atom is 0.0686 e. The van der Waals surface area contributed by atoms with Crippen LogP contribution in [-0.4, -0.2) is 36.0 Å². The van der Waals surface area contributed by atoms with Gasteiger partial charge < -0.3 is 15.2 Å². The molecule has 2 fully saturated rings. The second-order valence-electron chi connectivity index (χ2n) is 9.04. The molecule has 2 saturated carbocycles. The maximum absolute atomic E-state index is 10.0. The predicted octanol–water partition coefficient (Wildman–Crippen LogP) is 3.36. The number of rotatable bonds is 6. The summed E-state index contributed by atoms with van der Waals surface area (Å²) < 4.78 is 6.19. The zero-order valence-electron chi connectivity index (χ0n) is 14.8. The Morgan fingerprint density at radius 3 is 2.43 bits per heavy atom. The van der Waals surface area contributed by atoms with Crippen molar-refractivity contribution in [1.29, 1.82) is 0 Å². The molecule has 2 aliphatic rings. The molecule has 2 rings (SSSR count). The molecule has 4 atom stereocenters. The first kappa shape index (κ1) is 17.2. The minimum absolute atomic E-state index is 0.0595. The monoisotopic (exact) mass is 297 g/mol. The van der Waals surface area contributed by atoms with Crippen molar-refractivity contribution in [3.8, 4) is 0 Å². The van der Waals surface area contributed by atoms with Crippen molar-refractivity contribution in [2.75, 3.05) is 13.2 Å². The van der Waals surface area contributed by atoms with Crippen molar-refractivity contribution in [3.63, 3.8) is 0 Å². The highest BCUT2D eigenvalue weighted by Crippen LogP contribution is 2.66. The maximum atomic E-state index is 10.0. The van der Waals surface area contributed by atoms with Gasteiger partial charge in [-0.05, 0) is 63.2 Å². The molecule has 21 heavy (non-hydrogen) atoms. The van der Waals surface area contributed by atoms with E-state index in [1.54, 1.807) is 0 Å². The van der Waals surface area contributed by atoms with Crippen LogP contribution in [0.15, 0.2) is 0 Å². The van der Waals surface area contributed by atoms with Gasteiger partial charge in [0.1, 0.15) is 0 Å². The summed E-state index contributed by atoms with van der Waals surface area (Å²) in [6, 6.07) is 0. The van der Waals surface area contributed by atoms with Crippen LogP contribution in [0.1, 0.15) is 67.2 Å². The number of aliphatic hydroxyl groups excluding tert-OH is 1. The zero-order chi connectivity index (χ0) is 15.9. The number of aliphatic hydroxyl groups is 1. The van der Waals surface area contributed by atoms with Crippen molar-refractivity contribution in [2.45, 2.75) is 85.0 Å².